The number of ether oxygens (including phenoxy) is 2. The average Bonchev–Trinajstić information content (AvgIpc) is 2.84. The van der Waals surface area contributed by atoms with Crippen LogP contribution in [0.15, 0.2) is 30.6 Å². The van der Waals surface area contributed by atoms with Crippen molar-refractivity contribution >= 4 is 11.6 Å². The van der Waals surface area contributed by atoms with Gasteiger partial charge in [0.25, 0.3) is 0 Å². The van der Waals surface area contributed by atoms with Crippen LogP contribution in [0.4, 0.5) is 16.0 Å². The molecule has 1 atom stereocenters. The first-order valence-electron chi connectivity index (χ1n) is 8.63. The molecule has 1 saturated heterocycles. The zero-order chi connectivity index (χ0) is 17.1. The van der Waals surface area contributed by atoms with E-state index in [1.54, 1.807) is 12.4 Å². The Kier molecular flexibility index (Phi) is 4.65. The molecule has 2 aliphatic rings. The first kappa shape index (κ1) is 16.1. The van der Waals surface area contributed by atoms with E-state index in [-0.39, 0.29) is 11.9 Å². The van der Waals surface area contributed by atoms with Crippen molar-refractivity contribution in [3.8, 4) is 5.75 Å². The van der Waals surface area contributed by atoms with Crippen molar-refractivity contribution in [2.45, 2.75) is 18.9 Å². The van der Waals surface area contributed by atoms with Crippen molar-refractivity contribution in [2.75, 3.05) is 43.1 Å². The molecule has 1 aromatic heterocycles. The third kappa shape index (κ3) is 3.66. The number of aromatic nitrogens is 2. The SMILES string of the molecule is Fc1ccc2c(c1)OCCC[C@H]2Nc1cc(N2CCOCC2)ncn1. The maximum atomic E-state index is 13.5. The number of hydrogen-bond acceptors (Lipinski definition) is 6. The maximum absolute atomic E-state index is 13.5. The number of morpholine rings is 1. The summed E-state index contributed by atoms with van der Waals surface area (Å²) in [6.45, 7) is 3.68. The highest BCUT2D eigenvalue weighted by atomic mass is 19.1. The van der Waals surface area contributed by atoms with Crippen LogP contribution in [0.2, 0.25) is 0 Å². The van der Waals surface area contributed by atoms with Gasteiger partial charge in [0.2, 0.25) is 0 Å². The van der Waals surface area contributed by atoms with Crippen LogP contribution in [0.5, 0.6) is 5.75 Å². The molecule has 25 heavy (non-hydrogen) atoms. The Hall–Kier alpha value is -2.41. The summed E-state index contributed by atoms with van der Waals surface area (Å²) in [6, 6.07) is 6.71. The first-order chi connectivity index (χ1) is 12.3. The van der Waals surface area contributed by atoms with Crippen LogP contribution in [0.25, 0.3) is 0 Å². The number of nitrogens with zero attached hydrogens (tertiary/aromatic N) is 3. The smallest absolute Gasteiger partial charge is 0.134 e. The van der Waals surface area contributed by atoms with Crippen LogP contribution in [-0.4, -0.2) is 42.9 Å². The minimum atomic E-state index is -0.281. The summed E-state index contributed by atoms with van der Waals surface area (Å²) in [6.07, 6.45) is 3.37. The van der Waals surface area contributed by atoms with Gasteiger partial charge in [0, 0.05) is 30.8 Å². The van der Waals surface area contributed by atoms with Crippen LogP contribution in [-0.2, 0) is 4.74 Å². The van der Waals surface area contributed by atoms with Gasteiger partial charge in [-0.3, -0.25) is 0 Å². The second-order valence-electron chi connectivity index (χ2n) is 6.23. The van der Waals surface area contributed by atoms with Crippen molar-refractivity contribution in [2.24, 2.45) is 0 Å². The van der Waals surface area contributed by atoms with Crippen LogP contribution in [0, 0.1) is 5.82 Å². The number of rotatable bonds is 3. The van der Waals surface area contributed by atoms with E-state index in [0.29, 0.717) is 25.6 Å². The fourth-order valence-corrected chi connectivity index (χ4v) is 3.27. The molecule has 6 nitrogen and oxygen atoms in total. The highest BCUT2D eigenvalue weighted by Gasteiger charge is 2.21. The summed E-state index contributed by atoms with van der Waals surface area (Å²) in [5, 5.41) is 3.46. The molecule has 4 rings (SSSR count). The lowest BCUT2D eigenvalue weighted by atomic mass is 10.0. The molecule has 2 aromatic rings. The fourth-order valence-electron chi connectivity index (χ4n) is 3.27. The molecule has 0 saturated carbocycles. The van der Waals surface area contributed by atoms with E-state index in [2.05, 4.69) is 20.2 Å². The number of benzene rings is 1. The molecule has 0 amide bonds. The summed E-state index contributed by atoms with van der Waals surface area (Å²) in [5.74, 6) is 1.98. The zero-order valence-corrected chi connectivity index (χ0v) is 13.9. The van der Waals surface area contributed by atoms with E-state index in [4.69, 9.17) is 9.47 Å². The van der Waals surface area contributed by atoms with Gasteiger partial charge in [-0.25, -0.2) is 14.4 Å². The minimum absolute atomic E-state index is 0.0329. The third-order valence-electron chi connectivity index (χ3n) is 4.56. The molecular weight excluding hydrogens is 323 g/mol. The van der Waals surface area contributed by atoms with Crippen molar-refractivity contribution in [3.63, 3.8) is 0 Å². The number of hydrogen-bond donors (Lipinski definition) is 1. The molecule has 0 aliphatic carbocycles. The quantitative estimate of drug-likeness (QED) is 0.924. The Bertz CT molecular complexity index is 737. The summed E-state index contributed by atoms with van der Waals surface area (Å²) in [5.41, 5.74) is 0.963. The van der Waals surface area contributed by atoms with Crippen molar-refractivity contribution in [3.05, 3.63) is 42.0 Å². The molecule has 0 unspecified atom stereocenters. The summed E-state index contributed by atoms with van der Waals surface area (Å²) in [4.78, 5) is 10.9. The van der Waals surface area contributed by atoms with E-state index >= 15 is 0 Å². The van der Waals surface area contributed by atoms with Gasteiger partial charge in [-0.1, -0.05) is 6.07 Å². The number of halogens is 1. The lowest BCUT2D eigenvalue weighted by Crippen LogP contribution is -2.36. The standard InChI is InChI=1S/C18H21FN4O2/c19-13-3-4-14-15(2-1-7-25-16(14)10-13)22-17-11-18(21-12-20-17)23-5-8-24-9-6-23/h3-4,10-12,15H,1-2,5-9H2,(H,20,21,22)/t15-/m1/s1. The molecule has 0 bridgehead atoms. The highest BCUT2D eigenvalue weighted by molar-refractivity contribution is 5.51. The van der Waals surface area contributed by atoms with Gasteiger partial charge in [-0.15, -0.1) is 0 Å². The molecule has 0 spiro atoms. The van der Waals surface area contributed by atoms with E-state index in [0.717, 1.165) is 43.1 Å². The van der Waals surface area contributed by atoms with Gasteiger partial charge in [0.15, 0.2) is 0 Å². The Labute approximate surface area is 146 Å². The topological polar surface area (TPSA) is 59.5 Å². The number of anilines is 2. The maximum Gasteiger partial charge on any atom is 0.134 e. The second-order valence-corrected chi connectivity index (χ2v) is 6.23. The van der Waals surface area contributed by atoms with Crippen LogP contribution in [0.3, 0.4) is 0 Å². The fraction of sp³-hybridized carbons (Fsp3) is 0.444. The highest BCUT2D eigenvalue weighted by Crippen LogP contribution is 2.34. The summed E-state index contributed by atoms with van der Waals surface area (Å²) >= 11 is 0. The molecule has 0 radical (unpaired) electrons. The predicted octanol–water partition coefficient (Wildman–Crippen LogP) is 2.78. The molecular formula is C18H21FN4O2. The third-order valence-corrected chi connectivity index (χ3v) is 4.56. The average molecular weight is 344 g/mol. The van der Waals surface area contributed by atoms with E-state index in [1.165, 1.54) is 12.1 Å². The first-order valence-corrected chi connectivity index (χ1v) is 8.63. The number of nitrogens with one attached hydrogen (secondary N) is 1. The second kappa shape index (κ2) is 7.23. The summed E-state index contributed by atoms with van der Waals surface area (Å²) in [7, 11) is 0. The Balaban J connectivity index is 1.56. The molecule has 1 aromatic carbocycles. The predicted molar refractivity (Wildman–Crippen MR) is 92.6 cm³/mol. The lowest BCUT2D eigenvalue weighted by Gasteiger charge is -2.28. The number of fused-ring (bicyclic) bond motifs is 1. The van der Waals surface area contributed by atoms with Gasteiger partial charge in [0.1, 0.15) is 29.5 Å². The molecule has 7 heteroatoms. The van der Waals surface area contributed by atoms with E-state index < -0.39 is 0 Å². The van der Waals surface area contributed by atoms with Gasteiger partial charge >= 0.3 is 0 Å². The Morgan fingerprint density at radius 2 is 2.00 bits per heavy atom. The molecule has 3 heterocycles. The normalized spacial score (nSPS) is 20.4. The van der Waals surface area contributed by atoms with E-state index in [1.807, 2.05) is 6.07 Å². The zero-order valence-electron chi connectivity index (χ0n) is 13.9. The van der Waals surface area contributed by atoms with Crippen LogP contribution >= 0.6 is 0 Å². The van der Waals surface area contributed by atoms with Gasteiger partial charge in [0.05, 0.1) is 25.9 Å². The van der Waals surface area contributed by atoms with E-state index in [9.17, 15) is 4.39 Å². The van der Waals surface area contributed by atoms with Crippen molar-refractivity contribution in [1.82, 2.24) is 9.97 Å². The Morgan fingerprint density at radius 1 is 1.12 bits per heavy atom. The monoisotopic (exact) mass is 344 g/mol. The summed E-state index contributed by atoms with van der Waals surface area (Å²) < 4.78 is 24.6. The molecule has 132 valence electrons. The largest absolute Gasteiger partial charge is 0.493 e. The van der Waals surface area contributed by atoms with Gasteiger partial charge in [-0.2, -0.15) is 0 Å². The lowest BCUT2D eigenvalue weighted by molar-refractivity contribution is 0.122. The van der Waals surface area contributed by atoms with Crippen molar-refractivity contribution < 1.29 is 13.9 Å². The molecule has 2 aliphatic heterocycles. The Morgan fingerprint density at radius 3 is 2.88 bits per heavy atom. The van der Waals surface area contributed by atoms with Crippen LogP contribution < -0.4 is 15.0 Å². The van der Waals surface area contributed by atoms with Gasteiger partial charge < -0.3 is 19.7 Å². The molecule has 1 N–H and O–H groups in total. The van der Waals surface area contributed by atoms with Gasteiger partial charge in [-0.05, 0) is 18.9 Å². The van der Waals surface area contributed by atoms with Crippen molar-refractivity contribution in [1.29, 1.82) is 0 Å². The van der Waals surface area contributed by atoms with Crippen LogP contribution in [0.1, 0.15) is 24.4 Å². The minimum Gasteiger partial charge on any atom is -0.493 e. The molecule has 1 fully saturated rings.